The van der Waals surface area contributed by atoms with Crippen LogP contribution in [0.5, 0.6) is 11.5 Å². The first-order valence-corrected chi connectivity index (χ1v) is 9.08. The first-order valence-electron chi connectivity index (χ1n) is 9.08. The maximum Gasteiger partial charge on any atom is 0.317 e. The Hall–Kier alpha value is -2.48. The number of hydrogen-bond acceptors (Lipinski definition) is 5. The van der Waals surface area contributed by atoms with Crippen molar-refractivity contribution in [1.82, 2.24) is 15.1 Å². The first-order chi connectivity index (χ1) is 13.0. The molecule has 0 unspecified atom stereocenters. The maximum absolute atomic E-state index is 12.5. The molecule has 2 aliphatic rings. The lowest BCUT2D eigenvalue weighted by molar-refractivity contribution is -0.158. The largest absolute Gasteiger partial charge is 0.497 e. The van der Waals surface area contributed by atoms with Crippen LogP contribution in [-0.4, -0.2) is 81.4 Å². The average Bonchev–Trinajstić information content (AvgIpc) is 3.09. The Morgan fingerprint density at radius 2 is 2.11 bits per heavy atom. The van der Waals surface area contributed by atoms with Gasteiger partial charge in [-0.2, -0.15) is 0 Å². The number of benzene rings is 1. The molecule has 2 aliphatic heterocycles. The predicted octanol–water partition coefficient (Wildman–Crippen LogP) is 0.889. The summed E-state index contributed by atoms with van der Waals surface area (Å²) < 4.78 is 16.4. The summed E-state index contributed by atoms with van der Waals surface area (Å²) in [6.07, 6.45) is 1.40. The van der Waals surface area contributed by atoms with Crippen molar-refractivity contribution in [3.8, 4) is 11.5 Å². The summed E-state index contributed by atoms with van der Waals surface area (Å²) >= 11 is 0. The standard InChI is InChI=1S/C19H27N3O5/c1-21-12-19(27-11-17(21)23)7-9-22(13-19)18(24)20-8-6-14-4-5-15(25-2)10-16(14)26-3/h4-5,10H,6-9,11-13H2,1-3H3,(H,20,24)/t19-/m1/s1. The van der Waals surface area contributed by atoms with Gasteiger partial charge in [0, 0.05) is 26.2 Å². The quantitative estimate of drug-likeness (QED) is 0.824. The Bertz CT molecular complexity index is 711. The van der Waals surface area contributed by atoms with E-state index in [4.69, 9.17) is 14.2 Å². The Morgan fingerprint density at radius 3 is 2.81 bits per heavy atom. The van der Waals surface area contributed by atoms with Crippen molar-refractivity contribution in [2.24, 2.45) is 0 Å². The minimum Gasteiger partial charge on any atom is -0.497 e. The second-order valence-electron chi connectivity index (χ2n) is 7.05. The third kappa shape index (κ3) is 4.27. The highest BCUT2D eigenvalue weighted by Crippen LogP contribution is 2.29. The third-order valence-electron chi connectivity index (χ3n) is 5.22. The van der Waals surface area contributed by atoms with Crippen LogP contribution in [-0.2, 0) is 16.0 Å². The van der Waals surface area contributed by atoms with Gasteiger partial charge < -0.3 is 29.3 Å². The van der Waals surface area contributed by atoms with E-state index in [-0.39, 0.29) is 18.5 Å². The molecule has 0 radical (unpaired) electrons. The van der Waals surface area contributed by atoms with E-state index in [1.165, 1.54) is 0 Å². The molecule has 2 saturated heterocycles. The van der Waals surface area contributed by atoms with Gasteiger partial charge in [-0.3, -0.25) is 4.79 Å². The number of nitrogens with zero attached hydrogens (tertiary/aromatic N) is 2. The molecule has 1 spiro atoms. The zero-order valence-corrected chi connectivity index (χ0v) is 16.1. The van der Waals surface area contributed by atoms with Gasteiger partial charge in [-0.15, -0.1) is 0 Å². The molecule has 1 aromatic carbocycles. The van der Waals surface area contributed by atoms with Crippen LogP contribution in [0.1, 0.15) is 12.0 Å². The van der Waals surface area contributed by atoms with Crippen LogP contribution in [0.25, 0.3) is 0 Å². The number of rotatable bonds is 5. The lowest BCUT2D eigenvalue weighted by atomic mass is 10.0. The van der Waals surface area contributed by atoms with Gasteiger partial charge in [0.1, 0.15) is 23.7 Å². The molecule has 8 heteroatoms. The van der Waals surface area contributed by atoms with E-state index in [0.29, 0.717) is 32.6 Å². The minimum absolute atomic E-state index is 0.0167. The summed E-state index contributed by atoms with van der Waals surface area (Å²) in [6, 6.07) is 5.54. The molecule has 0 saturated carbocycles. The number of hydrogen-bond donors (Lipinski definition) is 1. The van der Waals surface area contributed by atoms with E-state index in [9.17, 15) is 9.59 Å². The Kier molecular flexibility index (Phi) is 5.74. The summed E-state index contributed by atoms with van der Waals surface area (Å²) in [6.45, 7) is 2.24. The van der Waals surface area contributed by atoms with Crippen molar-refractivity contribution >= 4 is 11.9 Å². The van der Waals surface area contributed by atoms with E-state index in [0.717, 1.165) is 23.5 Å². The molecule has 148 valence electrons. The number of morpholine rings is 1. The van der Waals surface area contributed by atoms with Crippen molar-refractivity contribution in [2.45, 2.75) is 18.4 Å². The van der Waals surface area contributed by atoms with Crippen molar-refractivity contribution in [1.29, 1.82) is 0 Å². The molecule has 27 heavy (non-hydrogen) atoms. The zero-order chi connectivity index (χ0) is 19.4. The third-order valence-corrected chi connectivity index (χ3v) is 5.22. The summed E-state index contributed by atoms with van der Waals surface area (Å²) in [5.41, 5.74) is 0.575. The lowest BCUT2D eigenvalue weighted by Crippen LogP contribution is -2.55. The topological polar surface area (TPSA) is 80.3 Å². The van der Waals surface area contributed by atoms with Gasteiger partial charge in [-0.25, -0.2) is 4.79 Å². The Morgan fingerprint density at radius 1 is 1.30 bits per heavy atom. The van der Waals surface area contributed by atoms with Crippen LogP contribution >= 0.6 is 0 Å². The number of nitrogens with one attached hydrogen (secondary N) is 1. The molecule has 1 N–H and O–H groups in total. The zero-order valence-electron chi connectivity index (χ0n) is 16.1. The van der Waals surface area contributed by atoms with Crippen LogP contribution in [0.3, 0.4) is 0 Å². The summed E-state index contributed by atoms with van der Waals surface area (Å²) in [5, 5.41) is 2.96. The van der Waals surface area contributed by atoms with E-state index in [1.807, 2.05) is 18.2 Å². The normalized spacial score (nSPS) is 22.3. The summed E-state index contributed by atoms with van der Waals surface area (Å²) in [4.78, 5) is 27.5. The summed E-state index contributed by atoms with van der Waals surface area (Å²) in [7, 11) is 5.01. The van der Waals surface area contributed by atoms with Crippen molar-refractivity contribution < 1.29 is 23.8 Å². The Labute approximate surface area is 159 Å². The number of carbonyl (C=O) groups is 2. The van der Waals surface area contributed by atoms with E-state index < -0.39 is 5.60 Å². The number of ether oxygens (including phenoxy) is 3. The fourth-order valence-electron chi connectivity index (χ4n) is 3.63. The molecule has 2 heterocycles. The predicted molar refractivity (Wildman–Crippen MR) is 99.2 cm³/mol. The number of carbonyl (C=O) groups excluding carboxylic acids is 2. The van der Waals surface area contributed by atoms with Crippen molar-refractivity contribution in [2.75, 3.05) is 54.1 Å². The number of likely N-dealkylation sites (tertiary alicyclic amines) is 1. The van der Waals surface area contributed by atoms with Crippen molar-refractivity contribution in [3.63, 3.8) is 0 Å². The second-order valence-corrected chi connectivity index (χ2v) is 7.05. The van der Waals surface area contributed by atoms with Gasteiger partial charge >= 0.3 is 6.03 Å². The van der Waals surface area contributed by atoms with Crippen molar-refractivity contribution in [3.05, 3.63) is 23.8 Å². The van der Waals surface area contributed by atoms with Gasteiger partial charge in [0.15, 0.2) is 0 Å². The van der Waals surface area contributed by atoms with Crippen LogP contribution < -0.4 is 14.8 Å². The molecule has 8 nitrogen and oxygen atoms in total. The van der Waals surface area contributed by atoms with E-state index in [2.05, 4.69) is 5.32 Å². The van der Waals surface area contributed by atoms with Gasteiger partial charge in [-0.1, -0.05) is 6.07 Å². The molecule has 3 amide bonds. The van der Waals surface area contributed by atoms with Crippen LogP contribution in [0.4, 0.5) is 4.79 Å². The van der Waals surface area contributed by atoms with E-state index in [1.54, 1.807) is 31.1 Å². The molecule has 0 aliphatic carbocycles. The molecule has 2 fully saturated rings. The fraction of sp³-hybridized carbons (Fsp3) is 0.579. The summed E-state index contributed by atoms with van der Waals surface area (Å²) in [5.74, 6) is 1.46. The number of urea groups is 1. The second kappa shape index (κ2) is 8.04. The van der Waals surface area contributed by atoms with Gasteiger partial charge in [0.25, 0.3) is 0 Å². The molecule has 1 atom stereocenters. The number of likely N-dealkylation sites (N-methyl/N-ethyl adjacent to an activating group) is 1. The highest BCUT2D eigenvalue weighted by atomic mass is 16.5. The number of methoxy groups -OCH3 is 2. The van der Waals surface area contributed by atoms with Gasteiger partial charge in [0.2, 0.25) is 5.91 Å². The van der Waals surface area contributed by atoms with Gasteiger partial charge in [-0.05, 0) is 24.5 Å². The maximum atomic E-state index is 12.5. The monoisotopic (exact) mass is 377 g/mol. The highest BCUT2D eigenvalue weighted by Gasteiger charge is 2.45. The van der Waals surface area contributed by atoms with E-state index >= 15 is 0 Å². The van der Waals surface area contributed by atoms with Crippen LogP contribution in [0.2, 0.25) is 0 Å². The average molecular weight is 377 g/mol. The molecular formula is C19H27N3O5. The molecule has 0 bridgehead atoms. The first kappa shape index (κ1) is 19.3. The highest BCUT2D eigenvalue weighted by molar-refractivity contribution is 5.78. The number of amides is 3. The van der Waals surface area contributed by atoms with Crippen LogP contribution in [0, 0.1) is 0 Å². The minimum atomic E-state index is -0.431. The smallest absolute Gasteiger partial charge is 0.317 e. The lowest BCUT2D eigenvalue weighted by Gasteiger charge is -2.38. The SMILES string of the molecule is COc1ccc(CCNC(=O)N2CC[C@@]3(CN(C)C(=O)CO3)C2)c(OC)c1. The molecule has 0 aromatic heterocycles. The van der Waals surface area contributed by atoms with Gasteiger partial charge in [0.05, 0.1) is 27.3 Å². The molecule has 3 rings (SSSR count). The molecule has 1 aromatic rings. The molecular weight excluding hydrogens is 350 g/mol. The fourth-order valence-corrected chi connectivity index (χ4v) is 3.63. The Balaban J connectivity index is 1.50. The van der Waals surface area contributed by atoms with Crippen LogP contribution in [0.15, 0.2) is 18.2 Å².